The second kappa shape index (κ2) is 6.75. The van der Waals surface area contributed by atoms with Gasteiger partial charge in [0.05, 0.1) is 26.2 Å². The Kier molecular flexibility index (Phi) is 5.94. The van der Waals surface area contributed by atoms with Crippen molar-refractivity contribution in [2.24, 2.45) is 0 Å². The number of hydrogen-bond donors (Lipinski definition) is 0. The van der Waals surface area contributed by atoms with Gasteiger partial charge in [0.1, 0.15) is 6.17 Å². The van der Waals surface area contributed by atoms with Crippen LogP contribution in [0.3, 0.4) is 0 Å². The molecule has 102 valence electrons. The highest BCUT2D eigenvalue weighted by Crippen LogP contribution is 2.28. The molecule has 0 saturated carbocycles. The molecule has 0 spiro atoms. The summed E-state index contributed by atoms with van der Waals surface area (Å²) >= 11 is 0. The fourth-order valence-corrected chi connectivity index (χ4v) is 3.13. The largest absolute Gasteiger partial charge is 0.308 e. The van der Waals surface area contributed by atoms with Gasteiger partial charge in [-0.2, -0.15) is 0 Å². The van der Waals surface area contributed by atoms with Gasteiger partial charge in [-0.05, 0) is 26.2 Å². The summed E-state index contributed by atoms with van der Waals surface area (Å²) in [6, 6.07) is 0.816. The van der Waals surface area contributed by atoms with Gasteiger partial charge in [-0.1, -0.05) is 26.7 Å². The van der Waals surface area contributed by atoms with E-state index in [0.717, 1.165) is 6.04 Å². The van der Waals surface area contributed by atoms with Gasteiger partial charge in [-0.15, -0.1) is 0 Å². The quantitative estimate of drug-likeness (QED) is 0.617. The average Bonchev–Trinajstić information content (AvgIpc) is 2.62. The monoisotopic (exact) mass is 241 g/mol. The lowest BCUT2D eigenvalue weighted by atomic mass is 10.1. The fraction of sp³-hybridized carbons (Fsp3) is 1.00. The molecule has 1 fully saturated rings. The number of unbranched alkanes of at least 4 members (excludes halogenated alkanes) is 2. The molecular weight excluding hydrogens is 208 g/mol. The van der Waals surface area contributed by atoms with Gasteiger partial charge in [0.25, 0.3) is 0 Å². The Morgan fingerprint density at radius 2 is 1.88 bits per heavy atom. The number of likely N-dealkylation sites (N-methyl/N-ethyl adjacent to an activating group) is 1. The Bertz CT molecular complexity index is 217. The third-order valence-corrected chi connectivity index (χ3v) is 5.03. The minimum absolute atomic E-state index is 0.716. The van der Waals surface area contributed by atoms with E-state index >= 15 is 0 Å². The predicted octanol–water partition coefficient (Wildman–Crippen LogP) is 3.47. The van der Waals surface area contributed by atoms with Crippen LogP contribution >= 0.6 is 0 Å². The van der Waals surface area contributed by atoms with E-state index < -0.39 is 0 Å². The molecule has 0 aromatic carbocycles. The topological polar surface area (TPSA) is 3.24 Å². The fourth-order valence-electron chi connectivity index (χ4n) is 3.13. The van der Waals surface area contributed by atoms with Crippen molar-refractivity contribution in [1.29, 1.82) is 0 Å². The van der Waals surface area contributed by atoms with E-state index in [-0.39, 0.29) is 0 Å². The molecule has 17 heavy (non-hydrogen) atoms. The molecule has 0 N–H and O–H groups in total. The van der Waals surface area contributed by atoms with Crippen LogP contribution in [0.2, 0.25) is 0 Å². The molecule has 0 bridgehead atoms. The predicted molar refractivity (Wildman–Crippen MR) is 76.0 cm³/mol. The zero-order valence-electron chi connectivity index (χ0n) is 12.7. The number of hydrogen-bond acceptors (Lipinski definition) is 1. The van der Waals surface area contributed by atoms with Crippen LogP contribution in [0.1, 0.15) is 59.8 Å². The molecule has 1 rings (SSSR count). The Morgan fingerprint density at radius 1 is 1.24 bits per heavy atom. The molecule has 1 aliphatic rings. The first-order chi connectivity index (χ1) is 8.06. The van der Waals surface area contributed by atoms with Crippen LogP contribution in [-0.4, -0.2) is 48.3 Å². The van der Waals surface area contributed by atoms with Crippen molar-refractivity contribution in [2.75, 3.05) is 26.7 Å². The van der Waals surface area contributed by atoms with Crippen molar-refractivity contribution in [2.45, 2.75) is 72.0 Å². The molecular formula is C15H33N2+. The average molecular weight is 241 g/mol. The zero-order chi connectivity index (χ0) is 12.9. The lowest BCUT2D eigenvalue weighted by molar-refractivity contribution is -0.946. The molecule has 2 nitrogen and oxygen atoms in total. The molecule has 2 heteroatoms. The molecule has 1 saturated heterocycles. The van der Waals surface area contributed by atoms with E-state index in [9.17, 15) is 0 Å². The summed E-state index contributed by atoms with van der Waals surface area (Å²) in [4.78, 5) is 2.70. The SMILES string of the molecule is CCCCC(C)[N+]1(C)CCN(CCCC)C1C. The Morgan fingerprint density at radius 3 is 2.47 bits per heavy atom. The van der Waals surface area contributed by atoms with Gasteiger partial charge < -0.3 is 4.48 Å². The Hall–Kier alpha value is -0.0800. The zero-order valence-corrected chi connectivity index (χ0v) is 12.7. The molecule has 0 aromatic rings. The van der Waals surface area contributed by atoms with Crippen LogP contribution in [-0.2, 0) is 0 Å². The number of quaternary nitrogens is 1. The summed E-state index contributed by atoms with van der Waals surface area (Å²) in [7, 11) is 2.47. The third-order valence-electron chi connectivity index (χ3n) is 5.03. The van der Waals surface area contributed by atoms with Crippen molar-refractivity contribution in [3.05, 3.63) is 0 Å². The van der Waals surface area contributed by atoms with Crippen LogP contribution in [0.15, 0.2) is 0 Å². The first-order valence-electron chi connectivity index (χ1n) is 7.65. The van der Waals surface area contributed by atoms with E-state index in [1.54, 1.807) is 0 Å². The van der Waals surface area contributed by atoms with Crippen LogP contribution in [0.5, 0.6) is 0 Å². The highest BCUT2D eigenvalue weighted by Gasteiger charge is 2.43. The highest BCUT2D eigenvalue weighted by atomic mass is 15.5. The molecule has 0 aromatic heterocycles. The second-order valence-corrected chi connectivity index (χ2v) is 6.08. The van der Waals surface area contributed by atoms with Crippen LogP contribution in [0.4, 0.5) is 0 Å². The van der Waals surface area contributed by atoms with Crippen molar-refractivity contribution in [1.82, 2.24) is 4.90 Å². The second-order valence-electron chi connectivity index (χ2n) is 6.08. The summed E-state index contributed by atoms with van der Waals surface area (Å²) in [5.41, 5.74) is 0. The molecule has 1 heterocycles. The van der Waals surface area contributed by atoms with Gasteiger partial charge in [0.15, 0.2) is 0 Å². The van der Waals surface area contributed by atoms with Crippen molar-refractivity contribution < 1.29 is 4.48 Å². The highest BCUT2D eigenvalue weighted by molar-refractivity contribution is 4.71. The summed E-state index contributed by atoms with van der Waals surface area (Å²) < 4.78 is 1.27. The standard InChI is InChI=1S/C15H33N2/c1-6-8-10-14(3)17(5)13-12-16(15(17)4)11-9-7-2/h14-15H,6-13H2,1-5H3/q+1. The Labute approximate surface area is 109 Å². The van der Waals surface area contributed by atoms with Gasteiger partial charge in [0.2, 0.25) is 0 Å². The van der Waals surface area contributed by atoms with Gasteiger partial charge in [-0.3, -0.25) is 0 Å². The summed E-state index contributed by atoms with van der Waals surface area (Å²) in [5.74, 6) is 0. The van der Waals surface area contributed by atoms with Gasteiger partial charge in [0, 0.05) is 13.5 Å². The van der Waals surface area contributed by atoms with E-state index in [2.05, 4.69) is 39.6 Å². The lowest BCUT2D eigenvalue weighted by Gasteiger charge is -2.41. The van der Waals surface area contributed by atoms with Crippen molar-refractivity contribution in [3.63, 3.8) is 0 Å². The molecule has 0 amide bonds. The number of rotatable bonds is 7. The first kappa shape index (κ1) is 15.0. The number of nitrogens with zero attached hydrogens (tertiary/aromatic N) is 2. The molecule has 3 atom stereocenters. The maximum absolute atomic E-state index is 2.70. The summed E-state index contributed by atoms with van der Waals surface area (Å²) in [6.07, 6.45) is 7.49. The summed E-state index contributed by atoms with van der Waals surface area (Å²) in [5, 5.41) is 0. The third kappa shape index (κ3) is 3.45. The summed E-state index contributed by atoms with van der Waals surface area (Å²) in [6.45, 7) is 13.4. The van der Waals surface area contributed by atoms with Crippen LogP contribution in [0.25, 0.3) is 0 Å². The normalized spacial score (nSPS) is 31.9. The minimum Gasteiger partial charge on any atom is -0.308 e. The van der Waals surface area contributed by atoms with Gasteiger partial charge in [-0.25, -0.2) is 4.90 Å². The molecule has 1 aliphatic heterocycles. The van der Waals surface area contributed by atoms with E-state index in [4.69, 9.17) is 0 Å². The van der Waals surface area contributed by atoms with Crippen LogP contribution < -0.4 is 0 Å². The van der Waals surface area contributed by atoms with E-state index in [0.29, 0.717) is 6.17 Å². The Balaban J connectivity index is 2.52. The molecule has 0 aliphatic carbocycles. The van der Waals surface area contributed by atoms with Crippen LogP contribution in [0, 0.1) is 0 Å². The molecule has 0 radical (unpaired) electrons. The van der Waals surface area contributed by atoms with Crippen molar-refractivity contribution in [3.8, 4) is 0 Å². The van der Waals surface area contributed by atoms with E-state index in [1.165, 1.54) is 56.2 Å². The first-order valence-corrected chi connectivity index (χ1v) is 7.65. The van der Waals surface area contributed by atoms with Gasteiger partial charge >= 0.3 is 0 Å². The lowest BCUT2D eigenvalue weighted by Crippen LogP contribution is -2.55. The minimum atomic E-state index is 0.716. The van der Waals surface area contributed by atoms with Crippen molar-refractivity contribution >= 4 is 0 Å². The maximum atomic E-state index is 2.70. The maximum Gasteiger partial charge on any atom is 0.142 e. The van der Waals surface area contributed by atoms with E-state index in [1.807, 2.05) is 0 Å². The smallest absolute Gasteiger partial charge is 0.142 e. The molecule has 3 unspecified atom stereocenters.